The van der Waals surface area contributed by atoms with Crippen LogP contribution in [-0.2, 0) is 17.6 Å². The van der Waals surface area contributed by atoms with Crippen LogP contribution >= 0.6 is 0 Å². The van der Waals surface area contributed by atoms with E-state index >= 15 is 0 Å². The van der Waals surface area contributed by atoms with E-state index in [1.807, 2.05) is 54.6 Å². The third-order valence-corrected chi connectivity index (χ3v) is 3.89. The van der Waals surface area contributed by atoms with Gasteiger partial charge in [-0.2, -0.15) is 0 Å². The van der Waals surface area contributed by atoms with Crippen molar-refractivity contribution in [1.82, 2.24) is 4.98 Å². The molecular weight excluding hydrogens is 310 g/mol. The second-order valence-electron chi connectivity index (χ2n) is 5.82. The van der Waals surface area contributed by atoms with Crippen LogP contribution < -0.4 is 10.6 Å². The lowest BCUT2D eigenvalue weighted by Crippen LogP contribution is -2.14. The Hall–Kier alpha value is -3.14. The van der Waals surface area contributed by atoms with Crippen molar-refractivity contribution in [2.45, 2.75) is 19.8 Å². The number of anilines is 3. The Morgan fingerprint density at radius 2 is 1.60 bits per heavy atom. The van der Waals surface area contributed by atoms with Gasteiger partial charge in [-0.15, -0.1) is 0 Å². The number of rotatable bonds is 6. The van der Waals surface area contributed by atoms with E-state index in [-0.39, 0.29) is 5.91 Å². The minimum absolute atomic E-state index is 0.0520. The molecule has 0 spiro atoms. The van der Waals surface area contributed by atoms with Gasteiger partial charge in [-0.3, -0.25) is 4.79 Å². The summed E-state index contributed by atoms with van der Waals surface area (Å²) < 4.78 is 0. The maximum atomic E-state index is 12.1. The molecule has 2 aromatic carbocycles. The highest BCUT2D eigenvalue weighted by Crippen LogP contribution is 2.17. The molecule has 1 heterocycles. The molecule has 4 nitrogen and oxygen atoms in total. The van der Waals surface area contributed by atoms with Gasteiger partial charge in [-0.25, -0.2) is 4.98 Å². The molecule has 0 aliphatic carbocycles. The van der Waals surface area contributed by atoms with Crippen molar-refractivity contribution in [3.8, 4) is 0 Å². The summed E-state index contributed by atoms with van der Waals surface area (Å²) in [6, 6.07) is 21.6. The normalized spacial score (nSPS) is 10.3. The number of carbonyl (C=O) groups is 1. The highest BCUT2D eigenvalue weighted by atomic mass is 16.1. The molecule has 0 unspecified atom stereocenters. The highest BCUT2D eigenvalue weighted by molar-refractivity contribution is 5.92. The van der Waals surface area contributed by atoms with Gasteiger partial charge < -0.3 is 10.6 Å². The number of nitrogens with one attached hydrogen (secondary N) is 2. The molecule has 0 saturated heterocycles. The summed E-state index contributed by atoms with van der Waals surface area (Å²) in [6.45, 7) is 2.13. The number of amides is 1. The number of aryl methyl sites for hydroxylation is 1. The van der Waals surface area contributed by atoms with Gasteiger partial charge in [-0.05, 0) is 41.8 Å². The third kappa shape index (κ3) is 4.91. The second kappa shape index (κ2) is 8.11. The van der Waals surface area contributed by atoms with Crippen LogP contribution in [0.2, 0.25) is 0 Å². The van der Waals surface area contributed by atoms with Gasteiger partial charge in [0.05, 0.1) is 18.3 Å². The molecule has 3 aromatic rings. The SMILES string of the molecule is CCc1ccc(Nc2ccc(NC(=O)Cc3ccccc3)cn2)cc1. The van der Waals surface area contributed by atoms with Crippen molar-refractivity contribution in [2.75, 3.05) is 10.6 Å². The fourth-order valence-corrected chi connectivity index (χ4v) is 2.50. The van der Waals surface area contributed by atoms with Crippen molar-refractivity contribution < 1.29 is 4.79 Å². The number of nitrogens with zero attached hydrogens (tertiary/aromatic N) is 1. The summed E-state index contributed by atoms with van der Waals surface area (Å²) >= 11 is 0. The molecule has 126 valence electrons. The second-order valence-corrected chi connectivity index (χ2v) is 5.82. The van der Waals surface area contributed by atoms with Gasteiger partial charge in [0.1, 0.15) is 5.82 Å². The van der Waals surface area contributed by atoms with Crippen molar-refractivity contribution >= 4 is 23.1 Å². The average Bonchev–Trinajstić information content (AvgIpc) is 2.65. The lowest BCUT2D eigenvalue weighted by molar-refractivity contribution is -0.115. The first-order valence-corrected chi connectivity index (χ1v) is 8.39. The number of hydrogen-bond acceptors (Lipinski definition) is 3. The van der Waals surface area contributed by atoms with Crippen LogP contribution in [0.1, 0.15) is 18.1 Å². The monoisotopic (exact) mass is 331 g/mol. The molecule has 0 radical (unpaired) electrons. The van der Waals surface area contributed by atoms with Crippen LogP contribution in [0.3, 0.4) is 0 Å². The number of benzene rings is 2. The van der Waals surface area contributed by atoms with Crippen molar-refractivity contribution in [3.05, 3.63) is 84.1 Å². The van der Waals surface area contributed by atoms with E-state index in [1.54, 1.807) is 6.20 Å². The Morgan fingerprint density at radius 1 is 0.880 bits per heavy atom. The lowest BCUT2D eigenvalue weighted by atomic mass is 10.1. The fourth-order valence-electron chi connectivity index (χ4n) is 2.50. The zero-order valence-corrected chi connectivity index (χ0v) is 14.2. The fraction of sp³-hybridized carbons (Fsp3) is 0.143. The molecule has 1 aromatic heterocycles. The number of aromatic nitrogens is 1. The smallest absolute Gasteiger partial charge is 0.228 e. The van der Waals surface area contributed by atoms with Gasteiger partial charge in [0.25, 0.3) is 0 Å². The number of hydrogen-bond donors (Lipinski definition) is 2. The standard InChI is InChI=1S/C21H21N3O/c1-2-16-8-10-18(11-9-16)23-20-13-12-19(15-22-20)24-21(25)14-17-6-4-3-5-7-17/h3-13,15H,2,14H2,1H3,(H,22,23)(H,24,25). The summed E-state index contributed by atoms with van der Waals surface area (Å²) in [7, 11) is 0. The van der Waals surface area contributed by atoms with Gasteiger partial charge >= 0.3 is 0 Å². The van der Waals surface area contributed by atoms with E-state index in [0.717, 1.165) is 23.5 Å². The van der Waals surface area contributed by atoms with Gasteiger partial charge in [-0.1, -0.05) is 49.4 Å². The van der Waals surface area contributed by atoms with E-state index in [9.17, 15) is 4.79 Å². The predicted molar refractivity (Wildman–Crippen MR) is 102 cm³/mol. The van der Waals surface area contributed by atoms with Crippen LogP contribution in [0.15, 0.2) is 72.9 Å². The zero-order valence-electron chi connectivity index (χ0n) is 14.2. The maximum absolute atomic E-state index is 12.1. The topological polar surface area (TPSA) is 54.0 Å². The van der Waals surface area contributed by atoms with Gasteiger partial charge in [0.2, 0.25) is 5.91 Å². The summed E-state index contributed by atoms with van der Waals surface area (Å²) in [6.07, 6.45) is 3.03. The summed E-state index contributed by atoms with van der Waals surface area (Å²) in [4.78, 5) is 16.4. The molecule has 0 aliphatic heterocycles. The van der Waals surface area contributed by atoms with Crippen molar-refractivity contribution in [1.29, 1.82) is 0 Å². The Labute approximate surface area is 147 Å². The van der Waals surface area contributed by atoms with E-state index in [2.05, 4.69) is 34.7 Å². The third-order valence-electron chi connectivity index (χ3n) is 3.89. The van der Waals surface area contributed by atoms with Crippen LogP contribution in [0.25, 0.3) is 0 Å². The largest absolute Gasteiger partial charge is 0.340 e. The molecule has 0 atom stereocenters. The lowest BCUT2D eigenvalue weighted by Gasteiger charge is -2.08. The predicted octanol–water partition coefficient (Wildman–Crippen LogP) is 4.57. The summed E-state index contributed by atoms with van der Waals surface area (Å²) in [5.74, 6) is 0.689. The van der Waals surface area contributed by atoms with E-state index in [1.165, 1.54) is 5.56 Å². The van der Waals surface area contributed by atoms with Crippen LogP contribution in [0, 0.1) is 0 Å². The van der Waals surface area contributed by atoms with Crippen LogP contribution in [-0.4, -0.2) is 10.9 Å². The van der Waals surface area contributed by atoms with E-state index in [0.29, 0.717) is 12.1 Å². The molecule has 0 fully saturated rings. The van der Waals surface area contributed by atoms with Crippen LogP contribution in [0.4, 0.5) is 17.2 Å². The van der Waals surface area contributed by atoms with Crippen molar-refractivity contribution in [2.24, 2.45) is 0 Å². The highest BCUT2D eigenvalue weighted by Gasteiger charge is 2.04. The molecule has 0 aliphatic rings. The molecule has 1 amide bonds. The maximum Gasteiger partial charge on any atom is 0.228 e. The first-order valence-electron chi connectivity index (χ1n) is 8.39. The van der Waals surface area contributed by atoms with Crippen molar-refractivity contribution in [3.63, 3.8) is 0 Å². The number of pyridine rings is 1. The Kier molecular flexibility index (Phi) is 5.42. The minimum Gasteiger partial charge on any atom is -0.340 e. The Morgan fingerprint density at radius 3 is 2.24 bits per heavy atom. The molecule has 0 saturated carbocycles. The van der Waals surface area contributed by atoms with Gasteiger partial charge in [0.15, 0.2) is 0 Å². The first-order chi connectivity index (χ1) is 12.2. The van der Waals surface area contributed by atoms with E-state index in [4.69, 9.17) is 0 Å². The zero-order chi connectivity index (χ0) is 17.5. The first kappa shape index (κ1) is 16.7. The summed E-state index contributed by atoms with van der Waals surface area (Å²) in [5, 5.41) is 6.12. The summed E-state index contributed by atoms with van der Waals surface area (Å²) in [5.41, 5.74) is 3.97. The minimum atomic E-state index is -0.0520. The number of carbonyl (C=O) groups excluding carboxylic acids is 1. The van der Waals surface area contributed by atoms with Gasteiger partial charge in [0, 0.05) is 5.69 Å². The van der Waals surface area contributed by atoms with E-state index < -0.39 is 0 Å². The molecule has 3 rings (SSSR count). The molecule has 0 bridgehead atoms. The Balaban J connectivity index is 1.57. The molecule has 4 heteroatoms. The average molecular weight is 331 g/mol. The molecule has 2 N–H and O–H groups in total. The quantitative estimate of drug-likeness (QED) is 0.696. The Bertz CT molecular complexity index is 812. The molecule has 25 heavy (non-hydrogen) atoms. The van der Waals surface area contributed by atoms with Crippen LogP contribution in [0.5, 0.6) is 0 Å². The molecular formula is C21H21N3O.